The van der Waals surface area contributed by atoms with E-state index in [1.54, 1.807) is 53.9 Å². The minimum atomic E-state index is -4.42. The fraction of sp³-hybridized carbons (Fsp3) is 0.0870. The molecule has 0 aliphatic carbocycles. The quantitative estimate of drug-likeness (QED) is 0.256. The van der Waals surface area contributed by atoms with Crippen LogP contribution in [0.25, 0.3) is 11.3 Å². The summed E-state index contributed by atoms with van der Waals surface area (Å²) in [5.74, 6) is 0. The van der Waals surface area contributed by atoms with Gasteiger partial charge in [-0.15, -0.1) is 28.3 Å². The molecule has 3 aromatic carbocycles. The van der Waals surface area contributed by atoms with Gasteiger partial charge in [0.15, 0.2) is 5.13 Å². The number of nitrogens with one attached hydrogen (secondary N) is 2. The van der Waals surface area contributed by atoms with Gasteiger partial charge in [-0.2, -0.15) is 13.2 Å². The Morgan fingerprint density at radius 3 is 2.24 bits per heavy atom. The molecular weight excluding hydrogens is 551 g/mol. The van der Waals surface area contributed by atoms with Gasteiger partial charge in [0.25, 0.3) is 10.0 Å². The Morgan fingerprint density at radius 1 is 0.912 bits per heavy atom. The molecule has 34 heavy (non-hydrogen) atoms. The lowest BCUT2D eigenvalue weighted by molar-refractivity contribution is -0.137. The first-order valence-corrected chi connectivity index (χ1v) is 12.1. The fourth-order valence-electron chi connectivity index (χ4n) is 3.00. The topological polar surface area (TPSA) is 71.1 Å². The number of sulfonamides is 1. The number of anilines is 3. The molecule has 0 spiro atoms. The molecule has 0 fully saturated rings. The predicted octanol–water partition coefficient (Wildman–Crippen LogP) is 7.26. The highest BCUT2D eigenvalue weighted by molar-refractivity contribution is 8.93. The van der Waals surface area contributed by atoms with Gasteiger partial charge in [0.05, 0.1) is 16.2 Å². The van der Waals surface area contributed by atoms with E-state index in [-0.39, 0.29) is 27.6 Å². The van der Waals surface area contributed by atoms with E-state index in [0.29, 0.717) is 16.5 Å². The Labute approximate surface area is 209 Å². The highest BCUT2D eigenvalue weighted by Gasteiger charge is 2.30. The van der Waals surface area contributed by atoms with Crippen molar-refractivity contribution in [1.82, 2.24) is 4.98 Å². The number of rotatable bonds is 6. The van der Waals surface area contributed by atoms with E-state index in [0.717, 1.165) is 23.3 Å². The van der Waals surface area contributed by atoms with Crippen LogP contribution in [-0.2, 0) is 16.2 Å². The lowest BCUT2D eigenvalue weighted by Crippen LogP contribution is -2.12. The van der Waals surface area contributed by atoms with Crippen molar-refractivity contribution in [2.24, 2.45) is 0 Å². The molecule has 1 aromatic heterocycles. The number of aryl methyl sites for hydroxylation is 1. The summed E-state index contributed by atoms with van der Waals surface area (Å²) in [4.78, 5) is 4.58. The molecule has 0 bridgehead atoms. The number of alkyl halides is 3. The summed E-state index contributed by atoms with van der Waals surface area (Å²) in [6, 6.07) is 18.1. The molecular formula is C23H19BrF3N3O2S2. The monoisotopic (exact) mass is 569 g/mol. The van der Waals surface area contributed by atoms with Crippen molar-refractivity contribution in [1.29, 1.82) is 0 Å². The molecule has 1 heterocycles. The van der Waals surface area contributed by atoms with Crippen LogP contribution in [0.3, 0.4) is 0 Å². The number of hydrogen-bond acceptors (Lipinski definition) is 5. The lowest BCUT2D eigenvalue weighted by Gasteiger charge is -2.09. The molecule has 5 nitrogen and oxygen atoms in total. The Kier molecular flexibility index (Phi) is 7.69. The Morgan fingerprint density at radius 2 is 1.59 bits per heavy atom. The minimum Gasteiger partial charge on any atom is -0.332 e. The van der Waals surface area contributed by atoms with Crippen LogP contribution in [-0.4, -0.2) is 13.4 Å². The van der Waals surface area contributed by atoms with E-state index in [4.69, 9.17) is 0 Å². The van der Waals surface area contributed by atoms with Crippen LogP contribution in [0.1, 0.15) is 11.1 Å². The number of nitrogens with zero attached hydrogens (tertiary/aromatic N) is 1. The number of thiazole rings is 1. The molecule has 2 N–H and O–H groups in total. The van der Waals surface area contributed by atoms with E-state index < -0.39 is 21.8 Å². The van der Waals surface area contributed by atoms with Gasteiger partial charge in [-0.05, 0) is 49.4 Å². The normalized spacial score (nSPS) is 11.5. The van der Waals surface area contributed by atoms with E-state index in [9.17, 15) is 21.6 Å². The highest BCUT2D eigenvalue weighted by atomic mass is 79.9. The zero-order chi connectivity index (χ0) is 23.6. The molecule has 0 aliphatic rings. The number of halogens is 4. The SMILES string of the molecule is Br.Cc1ccc(S(=O)(=O)Nc2ccc(-c3csc(Nc4cccc(C(F)(F)F)c4)n3)cc2)cc1. The van der Waals surface area contributed by atoms with Gasteiger partial charge in [0.2, 0.25) is 0 Å². The first kappa shape index (κ1) is 25.7. The smallest absolute Gasteiger partial charge is 0.332 e. The summed E-state index contributed by atoms with van der Waals surface area (Å²) >= 11 is 1.25. The molecule has 4 aromatic rings. The second kappa shape index (κ2) is 10.2. The third-order valence-electron chi connectivity index (χ3n) is 4.71. The third kappa shape index (κ3) is 6.16. The molecule has 0 saturated carbocycles. The molecule has 0 aliphatic heterocycles. The molecule has 11 heteroatoms. The van der Waals surface area contributed by atoms with Crippen LogP contribution < -0.4 is 10.0 Å². The highest BCUT2D eigenvalue weighted by Crippen LogP contribution is 2.33. The van der Waals surface area contributed by atoms with E-state index >= 15 is 0 Å². The Balaban J connectivity index is 0.00000324. The predicted molar refractivity (Wildman–Crippen MR) is 135 cm³/mol. The fourth-order valence-corrected chi connectivity index (χ4v) is 4.80. The van der Waals surface area contributed by atoms with Crippen molar-refractivity contribution in [2.45, 2.75) is 18.0 Å². The van der Waals surface area contributed by atoms with Crippen LogP contribution >= 0.6 is 28.3 Å². The second-order valence-corrected chi connectivity index (χ2v) is 9.78. The summed E-state index contributed by atoms with van der Waals surface area (Å²) in [6.45, 7) is 1.88. The average molecular weight is 570 g/mol. The van der Waals surface area contributed by atoms with Gasteiger partial charge in [0.1, 0.15) is 0 Å². The third-order valence-corrected chi connectivity index (χ3v) is 6.86. The average Bonchev–Trinajstić information content (AvgIpc) is 3.22. The molecule has 0 radical (unpaired) electrons. The van der Waals surface area contributed by atoms with Crippen molar-refractivity contribution in [3.05, 3.63) is 89.3 Å². The number of aromatic nitrogens is 1. The lowest BCUT2D eigenvalue weighted by atomic mass is 10.1. The summed E-state index contributed by atoms with van der Waals surface area (Å²) in [6.07, 6.45) is -4.42. The van der Waals surface area contributed by atoms with Crippen LogP contribution in [0.4, 0.5) is 29.7 Å². The molecule has 178 valence electrons. The maximum atomic E-state index is 12.9. The van der Waals surface area contributed by atoms with Gasteiger partial charge in [-0.1, -0.05) is 35.9 Å². The maximum absolute atomic E-state index is 12.9. The zero-order valence-corrected chi connectivity index (χ0v) is 21.0. The van der Waals surface area contributed by atoms with Crippen LogP contribution in [0.15, 0.2) is 83.1 Å². The standard InChI is InChI=1S/C23H18F3N3O2S2.BrH/c1-15-5-11-20(12-6-15)33(30,31)29-18-9-7-16(8-10-18)21-14-32-22(28-21)27-19-4-2-3-17(13-19)23(24,25)26;/h2-14,29H,1H3,(H,27,28);1H. The van der Waals surface area contributed by atoms with Gasteiger partial charge in [-0.25, -0.2) is 13.4 Å². The van der Waals surface area contributed by atoms with Crippen molar-refractivity contribution in [3.8, 4) is 11.3 Å². The zero-order valence-electron chi connectivity index (χ0n) is 17.6. The van der Waals surface area contributed by atoms with Gasteiger partial charge >= 0.3 is 6.18 Å². The molecule has 0 saturated heterocycles. The Hall–Kier alpha value is -2.89. The largest absolute Gasteiger partial charge is 0.416 e. The first-order chi connectivity index (χ1) is 15.6. The van der Waals surface area contributed by atoms with Crippen LogP contribution in [0, 0.1) is 6.92 Å². The molecule has 0 unspecified atom stereocenters. The van der Waals surface area contributed by atoms with Crippen molar-refractivity contribution in [2.75, 3.05) is 10.0 Å². The van der Waals surface area contributed by atoms with Crippen molar-refractivity contribution < 1.29 is 21.6 Å². The number of benzene rings is 3. The van der Waals surface area contributed by atoms with E-state index in [2.05, 4.69) is 15.0 Å². The molecule has 0 amide bonds. The van der Waals surface area contributed by atoms with Crippen LogP contribution in [0.5, 0.6) is 0 Å². The number of hydrogen-bond donors (Lipinski definition) is 2. The summed E-state index contributed by atoms with van der Waals surface area (Å²) in [7, 11) is -3.71. The van der Waals surface area contributed by atoms with Crippen LogP contribution in [0.2, 0.25) is 0 Å². The van der Waals surface area contributed by atoms with Crippen molar-refractivity contribution in [3.63, 3.8) is 0 Å². The van der Waals surface area contributed by atoms with E-state index in [1.807, 2.05) is 6.92 Å². The van der Waals surface area contributed by atoms with E-state index in [1.165, 1.54) is 23.5 Å². The Bertz CT molecular complexity index is 1370. The molecule has 0 atom stereocenters. The molecule has 4 rings (SSSR count). The summed E-state index contributed by atoms with van der Waals surface area (Å²) < 4.78 is 66.3. The van der Waals surface area contributed by atoms with Crippen molar-refractivity contribution >= 4 is 54.8 Å². The minimum absolute atomic E-state index is 0. The summed E-state index contributed by atoms with van der Waals surface area (Å²) in [5, 5.41) is 5.09. The van der Waals surface area contributed by atoms with Gasteiger partial charge in [0, 0.05) is 22.3 Å². The second-order valence-electron chi connectivity index (χ2n) is 7.24. The summed E-state index contributed by atoms with van der Waals surface area (Å²) in [5.41, 5.74) is 2.25. The first-order valence-electron chi connectivity index (χ1n) is 9.70. The van der Waals surface area contributed by atoms with Gasteiger partial charge < -0.3 is 5.32 Å². The van der Waals surface area contributed by atoms with Gasteiger partial charge in [-0.3, -0.25) is 4.72 Å². The maximum Gasteiger partial charge on any atom is 0.416 e.